The molecular formula is C22H23ClN6O3. The maximum absolute atomic E-state index is 12.6. The SMILES string of the molecule is NCC(=O)c1cccc(-c2nc(Cl)nc3c2ncn3C2CC2)c1COC(=O)C1CCCN1. The first-order valence-electron chi connectivity index (χ1n) is 10.7. The molecule has 1 atom stereocenters. The largest absolute Gasteiger partial charge is 0.460 e. The summed E-state index contributed by atoms with van der Waals surface area (Å²) in [6.45, 7) is 0.542. The molecule has 3 heterocycles. The number of rotatable bonds is 7. The molecule has 0 spiro atoms. The molecule has 5 rings (SSSR count). The number of imidazole rings is 1. The van der Waals surface area contributed by atoms with Crippen molar-refractivity contribution < 1.29 is 14.3 Å². The van der Waals surface area contributed by atoms with E-state index in [1.165, 1.54) is 0 Å². The number of carbonyl (C=O) groups excluding carboxylic acids is 2. The quantitative estimate of drug-likeness (QED) is 0.317. The van der Waals surface area contributed by atoms with Crippen LogP contribution in [0.3, 0.4) is 0 Å². The van der Waals surface area contributed by atoms with Gasteiger partial charge in [0.15, 0.2) is 11.4 Å². The Morgan fingerprint density at radius 3 is 2.81 bits per heavy atom. The fraction of sp³-hybridized carbons (Fsp3) is 0.409. The fourth-order valence-corrected chi connectivity index (χ4v) is 4.33. The van der Waals surface area contributed by atoms with Crippen molar-refractivity contribution in [1.29, 1.82) is 0 Å². The highest BCUT2D eigenvalue weighted by Gasteiger charge is 2.29. The van der Waals surface area contributed by atoms with Gasteiger partial charge in [0.25, 0.3) is 0 Å². The number of hydrogen-bond donors (Lipinski definition) is 2. The van der Waals surface area contributed by atoms with Crippen LogP contribution in [0.4, 0.5) is 0 Å². The average molecular weight is 455 g/mol. The van der Waals surface area contributed by atoms with Gasteiger partial charge >= 0.3 is 5.97 Å². The molecule has 1 saturated carbocycles. The molecule has 10 heteroatoms. The molecule has 2 fully saturated rings. The lowest BCUT2D eigenvalue weighted by atomic mass is 9.96. The van der Waals surface area contributed by atoms with E-state index in [-0.39, 0.29) is 36.2 Å². The van der Waals surface area contributed by atoms with Crippen molar-refractivity contribution in [1.82, 2.24) is 24.8 Å². The second kappa shape index (κ2) is 8.57. The third-order valence-corrected chi connectivity index (χ3v) is 6.12. The molecule has 2 aromatic heterocycles. The van der Waals surface area contributed by atoms with Gasteiger partial charge in [0, 0.05) is 22.7 Å². The van der Waals surface area contributed by atoms with E-state index in [4.69, 9.17) is 22.1 Å². The predicted octanol–water partition coefficient (Wildman–Crippen LogP) is 2.42. The minimum absolute atomic E-state index is 0.0826. The molecule has 1 saturated heterocycles. The van der Waals surface area contributed by atoms with E-state index in [0.717, 1.165) is 32.2 Å². The third-order valence-electron chi connectivity index (χ3n) is 5.95. The molecule has 1 aliphatic carbocycles. The first kappa shape index (κ1) is 21.0. The number of carbonyl (C=O) groups is 2. The normalized spacial score (nSPS) is 18.2. The molecule has 0 bridgehead atoms. The number of hydrogen-bond acceptors (Lipinski definition) is 8. The van der Waals surface area contributed by atoms with Gasteiger partial charge in [0.1, 0.15) is 23.9 Å². The van der Waals surface area contributed by atoms with E-state index in [1.807, 2.05) is 10.6 Å². The van der Waals surface area contributed by atoms with Gasteiger partial charge in [-0.05, 0) is 43.8 Å². The van der Waals surface area contributed by atoms with Crippen molar-refractivity contribution in [3.63, 3.8) is 0 Å². The van der Waals surface area contributed by atoms with Crippen molar-refractivity contribution in [2.24, 2.45) is 5.73 Å². The number of halogens is 1. The highest BCUT2D eigenvalue weighted by Crippen LogP contribution is 2.39. The third kappa shape index (κ3) is 3.87. The number of fused-ring (bicyclic) bond motifs is 1. The molecule has 3 N–H and O–H groups in total. The van der Waals surface area contributed by atoms with Crippen LogP contribution in [0.2, 0.25) is 5.28 Å². The number of ether oxygens (including phenoxy) is 1. The summed E-state index contributed by atoms with van der Waals surface area (Å²) in [5, 5.41) is 3.21. The van der Waals surface area contributed by atoms with Crippen LogP contribution in [0.1, 0.15) is 47.6 Å². The molecule has 2 aliphatic rings. The Balaban J connectivity index is 1.59. The minimum atomic E-state index is -0.340. The van der Waals surface area contributed by atoms with E-state index >= 15 is 0 Å². The van der Waals surface area contributed by atoms with E-state index in [9.17, 15) is 9.59 Å². The summed E-state index contributed by atoms with van der Waals surface area (Å²) in [4.78, 5) is 38.5. The van der Waals surface area contributed by atoms with Crippen molar-refractivity contribution in [2.45, 2.75) is 44.4 Å². The van der Waals surface area contributed by atoms with Crippen LogP contribution >= 0.6 is 11.6 Å². The lowest BCUT2D eigenvalue weighted by Crippen LogP contribution is -2.32. The Kier molecular flexibility index (Phi) is 5.62. The number of ketones is 1. The second-order valence-corrected chi connectivity index (χ2v) is 8.45. The zero-order valence-electron chi connectivity index (χ0n) is 17.4. The molecule has 3 aromatic rings. The van der Waals surface area contributed by atoms with Gasteiger partial charge in [-0.2, -0.15) is 4.98 Å². The smallest absolute Gasteiger partial charge is 0.323 e. The van der Waals surface area contributed by atoms with Gasteiger partial charge in [-0.15, -0.1) is 0 Å². The molecule has 1 aromatic carbocycles. The number of nitrogens with zero attached hydrogens (tertiary/aromatic N) is 4. The van der Waals surface area contributed by atoms with Crippen LogP contribution < -0.4 is 11.1 Å². The highest BCUT2D eigenvalue weighted by atomic mass is 35.5. The number of nitrogens with one attached hydrogen (secondary N) is 1. The number of nitrogens with two attached hydrogens (primary N) is 1. The summed E-state index contributed by atoms with van der Waals surface area (Å²) in [5.41, 5.74) is 8.92. The fourth-order valence-electron chi connectivity index (χ4n) is 4.16. The van der Waals surface area contributed by atoms with E-state index in [0.29, 0.717) is 39.6 Å². The minimum Gasteiger partial charge on any atom is -0.460 e. The standard InChI is InChI=1S/C22H23ClN6O3/c23-22-27-18(19-20(28-22)29(11-26-19)12-6-7-12)14-4-1-3-13(17(30)9-24)15(14)10-32-21(31)16-5-2-8-25-16/h1,3-4,11-12,16,25H,2,5-10,24H2. The predicted molar refractivity (Wildman–Crippen MR) is 118 cm³/mol. The average Bonchev–Trinajstić information content (AvgIpc) is 3.32. The van der Waals surface area contributed by atoms with Crippen LogP contribution in [-0.4, -0.2) is 50.4 Å². The van der Waals surface area contributed by atoms with Gasteiger partial charge in [0.2, 0.25) is 5.28 Å². The molecule has 0 radical (unpaired) electrons. The van der Waals surface area contributed by atoms with Gasteiger partial charge < -0.3 is 20.4 Å². The Labute approximate surface area is 189 Å². The Bertz CT molecular complexity index is 1200. The van der Waals surface area contributed by atoms with Crippen LogP contribution in [0.25, 0.3) is 22.4 Å². The highest BCUT2D eigenvalue weighted by molar-refractivity contribution is 6.28. The van der Waals surface area contributed by atoms with Crippen molar-refractivity contribution in [3.05, 3.63) is 40.9 Å². The lowest BCUT2D eigenvalue weighted by Gasteiger charge is -2.16. The molecule has 166 valence electrons. The monoisotopic (exact) mass is 454 g/mol. The zero-order valence-corrected chi connectivity index (χ0v) is 18.1. The summed E-state index contributed by atoms with van der Waals surface area (Å²) < 4.78 is 7.62. The molecule has 0 amide bonds. The summed E-state index contributed by atoms with van der Waals surface area (Å²) in [5.74, 6) is -0.593. The van der Waals surface area contributed by atoms with E-state index in [1.54, 1.807) is 18.5 Å². The maximum atomic E-state index is 12.6. The summed E-state index contributed by atoms with van der Waals surface area (Å²) in [6, 6.07) is 5.28. The molecular weight excluding hydrogens is 432 g/mol. The second-order valence-electron chi connectivity index (χ2n) is 8.11. The van der Waals surface area contributed by atoms with Crippen LogP contribution in [0.5, 0.6) is 0 Å². The summed E-state index contributed by atoms with van der Waals surface area (Å²) in [6.07, 6.45) is 5.54. The number of esters is 1. The van der Waals surface area contributed by atoms with Gasteiger partial charge in [0.05, 0.1) is 12.9 Å². The lowest BCUT2D eigenvalue weighted by molar-refractivity contribution is -0.147. The zero-order chi connectivity index (χ0) is 22.2. The van der Waals surface area contributed by atoms with E-state index in [2.05, 4.69) is 20.3 Å². The number of benzene rings is 1. The van der Waals surface area contributed by atoms with Crippen molar-refractivity contribution >= 4 is 34.5 Å². The Hall–Kier alpha value is -2.88. The molecule has 9 nitrogen and oxygen atoms in total. The molecule has 32 heavy (non-hydrogen) atoms. The number of aromatic nitrogens is 4. The van der Waals surface area contributed by atoms with Gasteiger partial charge in [-0.1, -0.05) is 18.2 Å². The number of Topliss-reactive ketones (excluding diaryl/α,β-unsaturated/α-hetero) is 1. The molecule has 1 aliphatic heterocycles. The summed E-state index contributed by atoms with van der Waals surface area (Å²) >= 11 is 6.28. The van der Waals surface area contributed by atoms with Crippen molar-refractivity contribution in [3.8, 4) is 11.3 Å². The van der Waals surface area contributed by atoms with Crippen molar-refractivity contribution in [2.75, 3.05) is 13.1 Å². The van der Waals surface area contributed by atoms with Gasteiger partial charge in [-0.3, -0.25) is 9.59 Å². The molecule has 1 unspecified atom stereocenters. The van der Waals surface area contributed by atoms with Crippen LogP contribution in [0, 0.1) is 0 Å². The maximum Gasteiger partial charge on any atom is 0.323 e. The van der Waals surface area contributed by atoms with Gasteiger partial charge in [-0.25, -0.2) is 9.97 Å². The first-order valence-corrected chi connectivity index (χ1v) is 11.1. The van der Waals surface area contributed by atoms with E-state index < -0.39 is 0 Å². The summed E-state index contributed by atoms with van der Waals surface area (Å²) in [7, 11) is 0. The Morgan fingerprint density at radius 1 is 1.25 bits per heavy atom. The van der Waals surface area contributed by atoms with Crippen LogP contribution in [-0.2, 0) is 16.1 Å². The van der Waals surface area contributed by atoms with Crippen LogP contribution in [0.15, 0.2) is 24.5 Å². The Morgan fingerprint density at radius 2 is 2.09 bits per heavy atom. The topological polar surface area (TPSA) is 125 Å². The first-order chi connectivity index (χ1) is 15.6.